The molecule has 0 unspecified atom stereocenters. The first-order valence-electron chi connectivity index (χ1n) is 8.95. The van der Waals surface area contributed by atoms with Gasteiger partial charge in [0.2, 0.25) is 11.3 Å². The number of nitrogens with zero attached hydrogens (tertiary/aromatic N) is 3. The number of carbonyl (C=O) groups excluding carboxylic acids is 2. The van der Waals surface area contributed by atoms with Crippen LogP contribution in [0.15, 0.2) is 39.3 Å². The van der Waals surface area contributed by atoms with Crippen molar-refractivity contribution in [2.45, 2.75) is 24.2 Å². The lowest BCUT2D eigenvalue weighted by Gasteiger charge is -2.16. The maximum Gasteiger partial charge on any atom is 0.418 e. The number of nitrogens with one attached hydrogen (secondary N) is 1. The van der Waals surface area contributed by atoms with Crippen LogP contribution in [0.5, 0.6) is 0 Å². The van der Waals surface area contributed by atoms with E-state index in [1.165, 1.54) is 25.1 Å². The van der Waals surface area contributed by atoms with E-state index in [2.05, 4.69) is 15.4 Å². The summed E-state index contributed by atoms with van der Waals surface area (Å²) < 4.78 is 41.8. The first kappa shape index (κ1) is 23.5. The minimum Gasteiger partial charge on any atom is -0.369 e. The van der Waals surface area contributed by atoms with E-state index < -0.39 is 34.7 Å². The number of primary amides is 1. The Labute approximate surface area is 187 Å². The average molecular weight is 483 g/mol. The number of aryl methyl sites for hydroxylation is 2. The molecule has 0 atom stereocenters. The van der Waals surface area contributed by atoms with Crippen LogP contribution in [0.2, 0.25) is 0 Å². The normalized spacial score (nSPS) is 11.4. The van der Waals surface area contributed by atoms with Crippen molar-refractivity contribution in [1.82, 2.24) is 14.8 Å². The van der Waals surface area contributed by atoms with E-state index in [0.29, 0.717) is 9.90 Å². The summed E-state index contributed by atoms with van der Waals surface area (Å²) in [7, 11) is 0. The molecule has 0 spiro atoms. The SMILES string of the molecule is Cc1nc(NC(=O)c2nn(-c3ccccc3C(F)(F)F)c(C)cc2=O)sc1SCC(N)=O. The largest absolute Gasteiger partial charge is 0.418 e. The fourth-order valence-corrected chi connectivity index (χ4v) is 4.58. The Bertz CT molecular complexity index is 1250. The maximum absolute atomic E-state index is 13.4. The van der Waals surface area contributed by atoms with E-state index in [-0.39, 0.29) is 22.3 Å². The summed E-state index contributed by atoms with van der Waals surface area (Å²) in [6, 6.07) is 5.75. The van der Waals surface area contributed by atoms with Gasteiger partial charge in [0.15, 0.2) is 10.8 Å². The van der Waals surface area contributed by atoms with E-state index in [1.54, 1.807) is 6.92 Å². The van der Waals surface area contributed by atoms with Gasteiger partial charge in [-0.1, -0.05) is 23.5 Å². The number of aromatic nitrogens is 3. The van der Waals surface area contributed by atoms with Gasteiger partial charge in [0.25, 0.3) is 5.91 Å². The summed E-state index contributed by atoms with van der Waals surface area (Å²) >= 11 is 2.22. The molecule has 0 bridgehead atoms. The molecule has 2 heterocycles. The van der Waals surface area contributed by atoms with Gasteiger partial charge in [-0.15, -0.1) is 11.8 Å². The Balaban J connectivity index is 1.95. The molecule has 0 saturated carbocycles. The van der Waals surface area contributed by atoms with Crippen molar-refractivity contribution >= 4 is 40.0 Å². The molecule has 0 radical (unpaired) electrons. The smallest absolute Gasteiger partial charge is 0.369 e. The van der Waals surface area contributed by atoms with Crippen LogP contribution in [0.4, 0.5) is 18.3 Å². The van der Waals surface area contributed by atoms with Gasteiger partial charge < -0.3 is 5.73 Å². The second-order valence-electron chi connectivity index (χ2n) is 6.53. The van der Waals surface area contributed by atoms with Crippen LogP contribution in [-0.2, 0) is 11.0 Å². The number of nitrogens with two attached hydrogens (primary N) is 1. The standard InChI is InChI=1S/C19H16F3N5O3S2/c1-9-7-13(28)15(26-27(9)12-6-4-3-5-11(12)19(20,21)22)16(30)25-18-24-10(2)17(32-18)31-8-14(23)29/h3-7H,8H2,1-2H3,(H2,23,29)(H,24,25,30). The highest BCUT2D eigenvalue weighted by atomic mass is 32.2. The highest BCUT2D eigenvalue weighted by Crippen LogP contribution is 2.34. The Kier molecular flexibility index (Phi) is 6.69. The molecule has 0 fully saturated rings. The fraction of sp³-hybridized carbons (Fsp3) is 0.211. The van der Waals surface area contributed by atoms with Crippen LogP contribution < -0.4 is 16.5 Å². The van der Waals surface area contributed by atoms with Crippen molar-refractivity contribution < 1.29 is 22.8 Å². The number of amides is 2. The molecule has 0 aliphatic rings. The summed E-state index contributed by atoms with van der Waals surface area (Å²) in [6.45, 7) is 3.08. The van der Waals surface area contributed by atoms with Crippen molar-refractivity contribution in [3.63, 3.8) is 0 Å². The maximum atomic E-state index is 13.4. The van der Waals surface area contributed by atoms with Gasteiger partial charge in [-0.25, -0.2) is 9.67 Å². The number of rotatable bonds is 6. The molecular formula is C19H16F3N5O3S2. The highest BCUT2D eigenvalue weighted by Gasteiger charge is 2.34. The number of halogens is 3. The Morgan fingerprint density at radius 2 is 1.94 bits per heavy atom. The van der Waals surface area contributed by atoms with E-state index in [9.17, 15) is 27.6 Å². The average Bonchev–Trinajstić information content (AvgIpc) is 3.04. The van der Waals surface area contributed by atoms with E-state index in [1.807, 2.05) is 0 Å². The van der Waals surface area contributed by atoms with Crippen LogP contribution in [0.1, 0.15) is 27.4 Å². The van der Waals surface area contributed by atoms with Crippen LogP contribution in [0, 0.1) is 13.8 Å². The number of thiazole rings is 1. The van der Waals surface area contributed by atoms with Crippen molar-refractivity contribution in [2.75, 3.05) is 11.1 Å². The molecule has 8 nitrogen and oxygen atoms in total. The van der Waals surface area contributed by atoms with Gasteiger partial charge in [0.1, 0.15) is 0 Å². The third-order valence-electron chi connectivity index (χ3n) is 4.08. The zero-order valence-electron chi connectivity index (χ0n) is 16.7. The highest BCUT2D eigenvalue weighted by molar-refractivity contribution is 8.01. The van der Waals surface area contributed by atoms with Crippen molar-refractivity contribution in [1.29, 1.82) is 0 Å². The molecule has 0 aliphatic heterocycles. The first-order chi connectivity index (χ1) is 15.0. The van der Waals surface area contributed by atoms with Crippen LogP contribution in [0.25, 0.3) is 5.69 Å². The molecule has 0 saturated heterocycles. The molecule has 32 heavy (non-hydrogen) atoms. The number of anilines is 1. The van der Waals surface area contributed by atoms with Gasteiger partial charge in [-0.05, 0) is 26.0 Å². The Morgan fingerprint density at radius 3 is 2.59 bits per heavy atom. The Morgan fingerprint density at radius 1 is 1.25 bits per heavy atom. The lowest BCUT2D eigenvalue weighted by molar-refractivity contribution is -0.137. The number of hydrogen-bond acceptors (Lipinski definition) is 7. The molecule has 13 heteroatoms. The molecule has 2 amide bonds. The predicted octanol–water partition coefficient (Wildman–Crippen LogP) is 3.15. The number of thioether (sulfide) groups is 1. The third-order valence-corrected chi connectivity index (χ3v) is 6.54. The number of carbonyl (C=O) groups is 2. The summed E-state index contributed by atoms with van der Waals surface area (Å²) in [5, 5.41) is 6.48. The predicted molar refractivity (Wildman–Crippen MR) is 114 cm³/mol. The topological polar surface area (TPSA) is 120 Å². The number of alkyl halides is 3. The van der Waals surface area contributed by atoms with Gasteiger partial charge >= 0.3 is 6.18 Å². The second kappa shape index (κ2) is 9.12. The van der Waals surface area contributed by atoms with Crippen LogP contribution >= 0.6 is 23.1 Å². The van der Waals surface area contributed by atoms with Crippen molar-refractivity contribution in [3.05, 3.63) is 63.2 Å². The van der Waals surface area contributed by atoms with Crippen molar-refractivity contribution in [2.24, 2.45) is 5.73 Å². The molecule has 168 valence electrons. The lowest BCUT2D eigenvalue weighted by Crippen LogP contribution is -2.27. The third kappa shape index (κ3) is 5.16. The summed E-state index contributed by atoms with van der Waals surface area (Å²) in [5.41, 5.74) is 3.17. The zero-order chi connectivity index (χ0) is 23.6. The minimum absolute atomic E-state index is 0.0270. The monoisotopic (exact) mass is 483 g/mol. The summed E-state index contributed by atoms with van der Waals surface area (Å²) in [4.78, 5) is 40.1. The number of para-hydroxylation sites is 1. The molecule has 1 aromatic carbocycles. The second-order valence-corrected chi connectivity index (χ2v) is 8.77. The molecule has 3 rings (SSSR count). The fourth-order valence-electron chi connectivity index (χ4n) is 2.71. The van der Waals surface area contributed by atoms with Crippen LogP contribution in [-0.4, -0.2) is 32.3 Å². The van der Waals surface area contributed by atoms with Gasteiger partial charge in [-0.2, -0.15) is 18.3 Å². The Hall–Kier alpha value is -3.19. The molecule has 0 aliphatic carbocycles. The lowest BCUT2D eigenvalue weighted by atomic mass is 10.1. The van der Waals surface area contributed by atoms with Gasteiger partial charge in [-0.3, -0.25) is 19.7 Å². The molecular weight excluding hydrogens is 467 g/mol. The molecule has 3 N–H and O–H groups in total. The van der Waals surface area contributed by atoms with Crippen LogP contribution in [0.3, 0.4) is 0 Å². The van der Waals surface area contributed by atoms with E-state index >= 15 is 0 Å². The first-order valence-corrected chi connectivity index (χ1v) is 10.7. The minimum atomic E-state index is -4.66. The number of hydrogen-bond donors (Lipinski definition) is 2. The van der Waals surface area contributed by atoms with Crippen molar-refractivity contribution in [3.8, 4) is 5.69 Å². The van der Waals surface area contributed by atoms with Gasteiger partial charge in [0.05, 0.1) is 26.9 Å². The van der Waals surface area contributed by atoms with E-state index in [4.69, 9.17) is 5.73 Å². The zero-order valence-corrected chi connectivity index (χ0v) is 18.3. The number of benzene rings is 1. The molecule has 2 aromatic heterocycles. The van der Waals surface area contributed by atoms with E-state index in [0.717, 1.165) is 39.9 Å². The summed E-state index contributed by atoms with van der Waals surface area (Å²) in [5.74, 6) is -1.41. The van der Waals surface area contributed by atoms with Gasteiger partial charge in [0, 0.05) is 11.8 Å². The quantitative estimate of drug-likeness (QED) is 0.520. The molecule has 3 aromatic rings. The summed E-state index contributed by atoms with van der Waals surface area (Å²) in [6.07, 6.45) is -4.66.